The number of methoxy groups -OCH3 is 1. The predicted molar refractivity (Wildman–Crippen MR) is 125 cm³/mol. The first-order valence-electron chi connectivity index (χ1n) is 11.8. The van der Waals surface area contributed by atoms with Crippen molar-refractivity contribution < 1.29 is 28.9 Å². The molecule has 1 aromatic carbocycles. The number of aliphatic hydroxyl groups is 1. The summed E-state index contributed by atoms with van der Waals surface area (Å²) in [6, 6.07) is 3.88. The Morgan fingerprint density at radius 1 is 1.29 bits per heavy atom. The van der Waals surface area contributed by atoms with Crippen molar-refractivity contribution in [2.45, 2.75) is 45.7 Å². The maximum Gasteiger partial charge on any atom is 0.407 e. The Labute approximate surface area is 199 Å². The Morgan fingerprint density at radius 2 is 2.06 bits per heavy atom. The molecule has 2 atom stereocenters. The second-order valence-corrected chi connectivity index (χ2v) is 9.40. The highest BCUT2D eigenvalue weighted by atomic mass is 19.1. The van der Waals surface area contributed by atoms with E-state index >= 15 is 0 Å². The van der Waals surface area contributed by atoms with Gasteiger partial charge in [0.2, 0.25) is 0 Å². The summed E-state index contributed by atoms with van der Waals surface area (Å²) in [5.74, 6) is -0.621. The summed E-state index contributed by atoms with van der Waals surface area (Å²) in [4.78, 5) is 33.1. The summed E-state index contributed by atoms with van der Waals surface area (Å²) in [5, 5.41) is 19.3. The number of amides is 2. The quantitative estimate of drug-likeness (QED) is 0.508. The number of nitrogens with zero attached hydrogens (tertiary/aromatic N) is 4. The van der Waals surface area contributed by atoms with Crippen molar-refractivity contribution in [3.8, 4) is 0 Å². The van der Waals surface area contributed by atoms with Crippen molar-refractivity contribution in [1.29, 1.82) is 0 Å². The topological polar surface area (TPSA) is 108 Å². The lowest BCUT2D eigenvalue weighted by molar-refractivity contribution is 0.0311. The number of carbonyl (C=O) groups is 2. The zero-order valence-corrected chi connectivity index (χ0v) is 20.1. The number of aliphatic hydroxyl groups excluding tert-OH is 1. The molecular formula is C24H35FN4O5. The number of piperidine rings is 1. The fraction of sp³-hybridized carbons (Fsp3) is 0.625. The van der Waals surface area contributed by atoms with Gasteiger partial charge in [-0.2, -0.15) is 0 Å². The first-order valence-corrected chi connectivity index (χ1v) is 11.8. The Morgan fingerprint density at radius 3 is 2.71 bits per heavy atom. The van der Waals surface area contributed by atoms with Gasteiger partial charge < -0.3 is 29.3 Å². The molecule has 2 aromatic rings. The van der Waals surface area contributed by atoms with Crippen molar-refractivity contribution in [3.05, 3.63) is 29.8 Å². The summed E-state index contributed by atoms with van der Waals surface area (Å²) < 4.78 is 20.9. The molecule has 1 saturated heterocycles. The van der Waals surface area contributed by atoms with E-state index in [1.807, 2.05) is 13.8 Å². The van der Waals surface area contributed by atoms with Gasteiger partial charge in [-0.3, -0.25) is 4.79 Å². The maximum absolute atomic E-state index is 14.1. The smallest absolute Gasteiger partial charge is 0.407 e. The molecule has 1 aromatic heterocycles. The minimum Gasteiger partial charge on any atom is -0.465 e. The average molecular weight is 479 g/mol. The number of benzene rings is 1. The molecule has 1 fully saturated rings. The standard InChI is InChI=1S/C24H35FN4O5/c1-16(2)12-29(19-10-17(15-30)13-27(14-19)24(32)33)23(31)22-26-20-7-6-18(25)11-21(20)28(22)8-4-5-9-34-3/h6-7,11,16-17,19,30H,4-5,8-10,12-15H2,1-3H3,(H,32,33)/t17-,19+/m1/s1. The highest BCUT2D eigenvalue weighted by Crippen LogP contribution is 2.26. The molecular weight excluding hydrogens is 443 g/mol. The summed E-state index contributed by atoms with van der Waals surface area (Å²) in [5.41, 5.74) is 1.08. The lowest BCUT2D eigenvalue weighted by Crippen LogP contribution is -2.55. The number of likely N-dealkylation sites (tertiary alicyclic amines) is 1. The van der Waals surface area contributed by atoms with Gasteiger partial charge in [-0.05, 0) is 43.4 Å². The molecule has 3 rings (SSSR count). The molecule has 0 aliphatic carbocycles. The van der Waals surface area contributed by atoms with Gasteiger partial charge in [0, 0.05) is 52.4 Å². The van der Waals surface area contributed by atoms with Gasteiger partial charge in [0.15, 0.2) is 5.82 Å². The predicted octanol–water partition coefficient (Wildman–Crippen LogP) is 3.06. The van der Waals surface area contributed by atoms with E-state index in [4.69, 9.17) is 4.74 Å². The molecule has 2 N–H and O–H groups in total. The van der Waals surface area contributed by atoms with Crippen molar-refractivity contribution in [1.82, 2.24) is 19.4 Å². The SMILES string of the molecule is COCCCCn1c(C(=O)N(CC(C)C)[C@H]2C[C@@H](CO)CN(C(=O)O)C2)nc2ccc(F)cc21. The van der Waals surface area contributed by atoms with E-state index in [1.54, 1.807) is 22.6 Å². The van der Waals surface area contributed by atoms with Crippen LogP contribution in [0.3, 0.4) is 0 Å². The third kappa shape index (κ3) is 6.04. The van der Waals surface area contributed by atoms with Crippen LogP contribution >= 0.6 is 0 Å². The summed E-state index contributed by atoms with van der Waals surface area (Å²) in [6.07, 6.45) is 0.939. The summed E-state index contributed by atoms with van der Waals surface area (Å²) in [7, 11) is 1.63. The van der Waals surface area contributed by atoms with Crippen LogP contribution < -0.4 is 0 Å². The van der Waals surface area contributed by atoms with E-state index in [0.29, 0.717) is 37.2 Å². The Balaban J connectivity index is 1.98. The number of fused-ring (bicyclic) bond motifs is 1. The number of unbranched alkanes of at least 4 members (excludes halogenated alkanes) is 1. The van der Waals surface area contributed by atoms with E-state index in [9.17, 15) is 24.2 Å². The fourth-order valence-electron chi connectivity index (χ4n) is 4.61. The molecule has 0 radical (unpaired) electrons. The second-order valence-electron chi connectivity index (χ2n) is 9.40. The number of halogens is 1. The van der Waals surface area contributed by atoms with Crippen molar-refractivity contribution >= 4 is 23.0 Å². The monoisotopic (exact) mass is 478 g/mol. The van der Waals surface area contributed by atoms with Crippen LogP contribution in [-0.4, -0.2) is 87.6 Å². The molecule has 0 unspecified atom stereocenters. The number of ether oxygens (including phenoxy) is 1. The molecule has 10 heteroatoms. The molecule has 1 aliphatic heterocycles. The second kappa shape index (κ2) is 11.6. The highest BCUT2D eigenvalue weighted by Gasteiger charge is 2.37. The maximum atomic E-state index is 14.1. The lowest BCUT2D eigenvalue weighted by Gasteiger charge is -2.41. The first kappa shape index (κ1) is 25.9. The van der Waals surface area contributed by atoms with E-state index in [1.165, 1.54) is 17.0 Å². The molecule has 188 valence electrons. The van der Waals surface area contributed by atoms with Crippen LogP contribution in [0.4, 0.5) is 9.18 Å². The lowest BCUT2D eigenvalue weighted by atomic mass is 9.93. The van der Waals surface area contributed by atoms with E-state index < -0.39 is 18.0 Å². The van der Waals surface area contributed by atoms with Gasteiger partial charge in [-0.25, -0.2) is 14.2 Å². The van der Waals surface area contributed by atoms with Gasteiger partial charge in [0.1, 0.15) is 5.82 Å². The van der Waals surface area contributed by atoms with Crippen LogP contribution in [0.1, 0.15) is 43.7 Å². The molecule has 0 spiro atoms. The summed E-state index contributed by atoms with van der Waals surface area (Å²) >= 11 is 0. The van der Waals surface area contributed by atoms with E-state index in [0.717, 1.165) is 12.8 Å². The van der Waals surface area contributed by atoms with Crippen LogP contribution in [0, 0.1) is 17.7 Å². The molecule has 2 amide bonds. The van der Waals surface area contributed by atoms with Crippen LogP contribution in [0.2, 0.25) is 0 Å². The molecule has 34 heavy (non-hydrogen) atoms. The number of rotatable bonds is 10. The first-order chi connectivity index (χ1) is 16.2. The van der Waals surface area contributed by atoms with Gasteiger partial charge in [0.05, 0.1) is 17.1 Å². The Hall–Kier alpha value is -2.72. The van der Waals surface area contributed by atoms with E-state index in [2.05, 4.69) is 4.98 Å². The number of aromatic nitrogens is 2. The number of aryl methyl sites for hydroxylation is 1. The van der Waals surface area contributed by atoms with Crippen molar-refractivity contribution in [3.63, 3.8) is 0 Å². The van der Waals surface area contributed by atoms with Gasteiger partial charge in [-0.15, -0.1) is 0 Å². The van der Waals surface area contributed by atoms with Gasteiger partial charge >= 0.3 is 6.09 Å². The van der Waals surface area contributed by atoms with Crippen molar-refractivity contribution in [2.24, 2.45) is 11.8 Å². The summed E-state index contributed by atoms with van der Waals surface area (Å²) in [6.45, 7) is 5.72. The molecule has 9 nitrogen and oxygen atoms in total. The van der Waals surface area contributed by atoms with Gasteiger partial charge in [-0.1, -0.05) is 13.8 Å². The van der Waals surface area contributed by atoms with E-state index in [-0.39, 0.29) is 43.3 Å². The third-order valence-corrected chi connectivity index (χ3v) is 6.19. The van der Waals surface area contributed by atoms with Gasteiger partial charge in [0.25, 0.3) is 5.91 Å². The average Bonchev–Trinajstić information content (AvgIpc) is 3.16. The minimum atomic E-state index is -1.07. The van der Waals surface area contributed by atoms with Crippen LogP contribution in [-0.2, 0) is 11.3 Å². The van der Waals surface area contributed by atoms with Crippen LogP contribution in [0.5, 0.6) is 0 Å². The third-order valence-electron chi connectivity index (χ3n) is 6.19. The number of hydrogen-bond acceptors (Lipinski definition) is 5. The minimum absolute atomic E-state index is 0.133. The zero-order valence-electron chi connectivity index (χ0n) is 20.1. The fourth-order valence-corrected chi connectivity index (χ4v) is 4.61. The van der Waals surface area contributed by atoms with Crippen LogP contribution in [0.25, 0.3) is 11.0 Å². The highest BCUT2D eigenvalue weighted by molar-refractivity contribution is 5.95. The number of imidazole rings is 1. The number of hydrogen-bond donors (Lipinski definition) is 2. The largest absolute Gasteiger partial charge is 0.465 e. The Bertz CT molecular complexity index is 995. The molecule has 0 bridgehead atoms. The Kier molecular flexibility index (Phi) is 8.84. The van der Waals surface area contributed by atoms with Crippen molar-refractivity contribution in [2.75, 3.05) is 40.0 Å². The molecule has 2 heterocycles. The van der Waals surface area contributed by atoms with Crippen LogP contribution in [0.15, 0.2) is 18.2 Å². The number of carboxylic acid groups (broad SMARTS) is 1. The normalized spacial score (nSPS) is 18.6. The molecule has 1 aliphatic rings. The molecule has 0 saturated carbocycles. The number of carbonyl (C=O) groups excluding carboxylic acids is 1. The zero-order chi connectivity index (χ0) is 24.8.